The Bertz CT molecular complexity index is 771. The van der Waals surface area contributed by atoms with E-state index >= 15 is 0 Å². The molecule has 8 heteroatoms. The predicted octanol–water partition coefficient (Wildman–Crippen LogP) is 4.20. The molecule has 1 amide bonds. The van der Waals surface area contributed by atoms with E-state index in [-0.39, 0.29) is 11.0 Å². The Balaban J connectivity index is 1.82. The number of amides is 1. The first-order chi connectivity index (χ1) is 11.8. The molecule has 2 rings (SSSR count). The maximum absolute atomic E-state index is 12.1. The van der Waals surface area contributed by atoms with Crippen LogP contribution < -0.4 is 20.9 Å². The molecule has 0 spiro atoms. The Morgan fingerprint density at radius 1 is 1.20 bits per heavy atom. The van der Waals surface area contributed by atoms with Gasteiger partial charge < -0.3 is 10.1 Å². The van der Waals surface area contributed by atoms with Crippen LogP contribution in [0.2, 0.25) is 5.02 Å². The van der Waals surface area contributed by atoms with Crippen molar-refractivity contribution in [2.45, 2.75) is 20.0 Å². The van der Waals surface area contributed by atoms with Gasteiger partial charge in [-0.1, -0.05) is 27.5 Å². The third-order valence-corrected chi connectivity index (χ3v) is 4.18. The van der Waals surface area contributed by atoms with Crippen molar-refractivity contribution in [2.75, 3.05) is 5.32 Å². The van der Waals surface area contributed by atoms with Gasteiger partial charge in [-0.3, -0.25) is 15.6 Å². The van der Waals surface area contributed by atoms with Crippen LogP contribution in [0.5, 0.6) is 5.75 Å². The molecule has 0 radical (unpaired) electrons. The summed E-state index contributed by atoms with van der Waals surface area (Å²) in [6.45, 7) is 3.51. The van der Waals surface area contributed by atoms with Crippen molar-refractivity contribution in [3.8, 4) is 5.75 Å². The molecule has 0 bridgehead atoms. The average molecular weight is 443 g/mol. The molecule has 0 heterocycles. The Hall–Kier alpha value is -1.83. The molecule has 5 nitrogen and oxygen atoms in total. The minimum Gasteiger partial charge on any atom is -0.481 e. The zero-order chi connectivity index (χ0) is 18.4. The van der Waals surface area contributed by atoms with E-state index in [1.165, 1.54) is 0 Å². The van der Waals surface area contributed by atoms with Crippen LogP contribution in [0.4, 0.5) is 5.69 Å². The lowest BCUT2D eigenvalue weighted by Gasteiger charge is -2.17. The van der Waals surface area contributed by atoms with E-state index in [1.807, 2.05) is 31.2 Å². The minimum atomic E-state index is -0.706. The van der Waals surface area contributed by atoms with Crippen LogP contribution in [0, 0.1) is 6.92 Å². The summed E-state index contributed by atoms with van der Waals surface area (Å²) in [4.78, 5) is 12.1. The third kappa shape index (κ3) is 6.19. The first-order valence-corrected chi connectivity index (χ1v) is 8.98. The van der Waals surface area contributed by atoms with Crippen molar-refractivity contribution >= 4 is 56.5 Å². The van der Waals surface area contributed by atoms with Crippen LogP contribution in [0.1, 0.15) is 12.5 Å². The Morgan fingerprint density at radius 3 is 2.52 bits per heavy atom. The lowest BCUT2D eigenvalue weighted by molar-refractivity contribution is -0.127. The number of rotatable bonds is 4. The van der Waals surface area contributed by atoms with Crippen LogP contribution in [-0.4, -0.2) is 17.1 Å². The Labute approximate surface area is 165 Å². The van der Waals surface area contributed by atoms with E-state index in [4.69, 9.17) is 28.6 Å². The van der Waals surface area contributed by atoms with Gasteiger partial charge in [-0.25, -0.2) is 0 Å². The van der Waals surface area contributed by atoms with E-state index in [9.17, 15) is 4.79 Å². The van der Waals surface area contributed by atoms with Gasteiger partial charge in [0.2, 0.25) is 0 Å². The van der Waals surface area contributed by atoms with Crippen molar-refractivity contribution in [3.63, 3.8) is 0 Å². The summed E-state index contributed by atoms with van der Waals surface area (Å²) in [6.07, 6.45) is -0.706. The second-order valence-corrected chi connectivity index (χ2v) is 7.01. The fourth-order valence-corrected chi connectivity index (χ4v) is 2.56. The quantitative estimate of drug-likeness (QED) is 0.489. The summed E-state index contributed by atoms with van der Waals surface area (Å²) < 4.78 is 6.61. The number of aryl methyl sites for hydroxylation is 1. The fraction of sp³-hybridized carbons (Fsp3) is 0.176. The topological polar surface area (TPSA) is 62.4 Å². The fourth-order valence-electron chi connectivity index (χ4n) is 1.90. The van der Waals surface area contributed by atoms with Crippen LogP contribution in [0.15, 0.2) is 46.9 Å². The molecule has 0 fully saturated rings. The Morgan fingerprint density at radius 2 is 1.88 bits per heavy atom. The third-order valence-electron chi connectivity index (χ3n) is 3.21. The van der Waals surface area contributed by atoms with E-state index in [0.29, 0.717) is 10.8 Å². The van der Waals surface area contributed by atoms with Crippen LogP contribution >= 0.6 is 39.7 Å². The summed E-state index contributed by atoms with van der Waals surface area (Å²) in [5.41, 5.74) is 6.81. The van der Waals surface area contributed by atoms with E-state index in [2.05, 4.69) is 32.1 Å². The molecule has 1 atom stereocenters. The molecule has 0 saturated heterocycles. The number of hydrogen-bond donors (Lipinski definition) is 3. The standard InChI is InChI=1S/C17H17BrClN3O2S/c1-10-9-13(19)5-8-15(10)24-11(2)16(23)21-22-17(25)20-14-6-3-12(18)4-7-14/h3-9,11H,1-2H3,(H,21,23)(H2,20,22,25)/t11-/m1/s1. The monoisotopic (exact) mass is 441 g/mol. The molecule has 0 unspecified atom stereocenters. The summed E-state index contributed by atoms with van der Waals surface area (Å²) in [7, 11) is 0. The molecule has 2 aromatic rings. The molecule has 0 aliphatic rings. The van der Waals surface area contributed by atoms with Gasteiger partial charge in [0.15, 0.2) is 11.2 Å². The molecular formula is C17H17BrClN3O2S. The van der Waals surface area contributed by atoms with Crippen molar-refractivity contribution in [2.24, 2.45) is 0 Å². The minimum absolute atomic E-state index is 0.269. The summed E-state index contributed by atoms with van der Waals surface area (Å²) >= 11 is 14.4. The first kappa shape index (κ1) is 19.5. The van der Waals surface area contributed by atoms with Gasteiger partial charge in [0.05, 0.1) is 0 Å². The molecule has 3 N–H and O–H groups in total. The predicted molar refractivity (Wildman–Crippen MR) is 108 cm³/mol. The second kappa shape index (κ2) is 9.03. The highest BCUT2D eigenvalue weighted by atomic mass is 79.9. The van der Waals surface area contributed by atoms with Crippen molar-refractivity contribution in [3.05, 3.63) is 57.5 Å². The van der Waals surface area contributed by atoms with Crippen molar-refractivity contribution in [1.82, 2.24) is 10.9 Å². The maximum Gasteiger partial charge on any atom is 0.279 e. The lowest BCUT2D eigenvalue weighted by atomic mass is 10.2. The molecule has 25 heavy (non-hydrogen) atoms. The number of halogens is 2. The maximum atomic E-state index is 12.1. The van der Waals surface area contributed by atoms with Gasteiger partial charge in [-0.05, 0) is 74.1 Å². The number of nitrogens with one attached hydrogen (secondary N) is 3. The molecule has 0 aliphatic heterocycles. The highest BCUT2D eigenvalue weighted by Crippen LogP contribution is 2.22. The normalized spacial score (nSPS) is 11.4. The number of hydrogen-bond acceptors (Lipinski definition) is 3. The van der Waals surface area contributed by atoms with Crippen molar-refractivity contribution in [1.29, 1.82) is 0 Å². The zero-order valence-electron chi connectivity index (χ0n) is 13.6. The first-order valence-electron chi connectivity index (χ1n) is 7.40. The van der Waals surface area contributed by atoms with Crippen LogP contribution in [0.25, 0.3) is 0 Å². The summed E-state index contributed by atoms with van der Waals surface area (Å²) in [6, 6.07) is 12.7. The van der Waals surface area contributed by atoms with Crippen LogP contribution in [0.3, 0.4) is 0 Å². The lowest BCUT2D eigenvalue weighted by Crippen LogP contribution is -2.48. The zero-order valence-corrected chi connectivity index (χ0v) is 16.8. The van der Waals surface area contributed by atoms with E-state index in [0.717, 1.165) is 15.7 Å². The number of benzene rings is 2. The molecule has 2 aromatic carbocycles. The smallest absolute Gasteiger partial charge is 0.279 e. The largest absolute Gasteiger partial charge is 0.481 e. The van der Waals surface area contributed by atoms with Gasteiger partial charge in [0.1, 0.15) is 5.75 Å². The average Bonchev–Trinajstić information content (AvgIpc) is 2.57. The highest BCUT2D eigenvalue weighted by molar-refractivity contribution is 9.10. The molecule has 0 saturated carbocycles. The van der Waals surface area contributed by atoms with Crippen molar-refractivity contribution < 1.29 is 9.53 Å². The van der Waals surface area contributed by atoms with E-state index < -0.39 is 6.10 Å². The number of thiocarbonyl (C=S) groups is 1. The number of carbonyl (C=O) groups is 1. The van der Waals surface area contributed by atoms with Gasteiger partial charge >= 0.3 is 0 Å². The molecule has 0 aliphatic carbocycles. The van der Waals surface area contributed by atoms with Gasteiger partial charge in [0.25, 0.3) is 5.91 Å². The number of hydrazine groups is 1. The van der Waals surface area contributed by atoms with Gasteiger partial charge in [-0.15, -0.1) is 0 Å². The molecule has 132 valence electrons. The van der Waals surface area contributed by atoms with Gasteiger partial charge in [-0.2, -0.15) is 0 Å². The summed E-state index contributed by atoms with van der Waals surface area (Å²) in [5.74, 6) is 0.247. The number of carbonyl (C=O) groups excluding carboxylic acids is 1. The summed E-state index contributed by atoms with van der Waals surface area (Å²) in [5, 5.41) is 3.85. The van der Waals surface area contributed by atoms with Crippen LogP contribution in [-0.2, 0) is 4.79 Å². The number of anilines is 1. The molecular weight excluding hydrogens is 426 g/mol. The SMILES string of the molecule is Cc1cc(Cl)ccc1O[C@H](C)C(=O)NNC(=S)Nc1ccc(Br)cc1. The Kier molecular flexibility index (Phi) is 7.04. The molecule has 0 aromatic heterocycles. The highest BCUT2D eigenvalue weighted by Gasteiger charge is 2.16. The second-order valence-electron chi connectivity index (χ2n) is 5.25. The van der Waals surface area contributed by atoms with E-state index in [1.54, 1.807) is 25.1 Å². The van der Waals surface area contributed by atoms with Gasteiger partial charge in [0, 0.05) is 15.2 Å². The number of ether oxygens (including phenoxy) is 1.